The van der Waals surface area contributed by atoms with E-state index in [0.717, 1.165) is 26.9 Å². The molecule has 0 unspecified atom stereocenters. The third-order valence-corrected chi connectivity index (χ3v) is 6.08. The van der Waals surface area contributed by atoms with Crippen LogP contribution in [0.3, 0.4) is 0 Å². The van der Waals surface area contributed by atoms with Crippen molar-refractivity contribution in [2.75, 3.05) is 0 Å². The summed E-state index contributed by atoms with van der Waals surface area (Å²) in [6.07, 6.45) is 0.884. The van der Waals surface area contributed by atoms with E-state index in [1.165, 1.54) is 4.90 Å². The van der Waals surface area contributed by atoms with Crippen LogP contribution in [0.4, 0.5) is 0 Å². The van der Waals surface area contributed by atoms with Gasteiger partial charge in [-0.15, -0.1) is 11.8 Å². The molecular weight excluding hydrogens is 436 g/mol. The van der Waals surface area contributed by atoms with Gasteiger partial charge in [0.2, 0.25) is 0 Å². The van der Waals surface area contributed by atoms with Gasteiger partial charge in [-0.3, -0.25) is 0 Å². The van der Waals surface area contributed by atoms with Gasteiger partial charge >= 0.3 is 0 Å². The largest absolute Gasteiger partial charge is 0.236 e. The fraction of sp³-hybridized carbons (Fsp3) is 0.333. The molecule has 6 heteroatoms. The molecule has 0 radical (unpaired) electrons. The number of rotatable bonds is 5. The molecule has 2 aromatic rings. The number of nitrogens with zero attached hydrogens (tertiary/aromatic N) is 2. The van der Waals surface area contributed by atoms with Crippen LogP contribution >= 0.6 is 55.2 Å². The molecule has 1 aromatic carbocycles. The van der Waals surface area contributed by atoms with Crippen molar-refractivity contribution in [2.24, 2.45) is 5.92 Å². The molecule has 0 fully saturated rings. The van der Waals surface area contributed by atoms with Gasteiger partial charge in [0.1, 0.15) is 11.0 Å². The zero-order valence-electron chi connectivity index (χ0n) is 11.7. The van der Waals surface area contributed by atoms with Crippen molar-refractivity contribution in [1.29, 1.82) is 0 Å². The Bertz CT molecular complexity index is 635. The molecule has 0 spiro atoms. The van der Waals surface area contributed by atoms with E-state index in [4.69, 9.17) is 11.6 Å². The zero-order chi connectivity index (χ0) is 15.4. The van der Waals surface area contributed by atoms with Gasteiger partial charge in [0, 0.05) is 9.37 Å². The van der Waals surface area contributed by atoms with E-state index < -0.39 is 0 Å². The minimum Gasteiger partial charge on any atom is -0.236 e. The van der Waals surface area contributed by atoms with E-state index >= 15 is 0 Å². The van der Waals surface area contributed by atoms with Crippen molar-refractivity contribution in [3.63, 3.8) is 0 Å². The van der Waals surface area contributed by atoms with Crippen LogP contribution in [0.1, 0.15) is 25.4 Å². The number of thioether (sulfide) groups is 1. The summed E-state index contributed by atoms with van der Waals surface area (Å²) in [6, 6.07) is 8.13. The quantitative estimate of drug-likeness (QED) is 0.404. The molecule has 2 rings (SSSR count). The minimum atomic E-state index is 0.489. The lowest BCUT2D eigenvalue weighted by molar-refractivity contribution is 0.629. The Morgan fingerprint density at radius 1 is 1.19 bits per heavy atom. The van der Waals surface area contributed by atoms with E-state index in [2.05, 4.69) is 61.7 Å². The molecular formula is C15H15Br2ClN2S. The molecule has 1 aromatic heterocycles. The molecule has 0 amide bonds. The van der Waals surface area contributed by atoms with Crippen LogP contribution in [0.25, 0.3) is 0 Å². The first-order valence-corrected chi connectivity index (χ1v) is 9.50. The highest BCUT2D eigenvalue weighted by atomic mass is 79.9. The first-order valence-electron chi connectivity index (χ1n) is 6.55. The Balaban J connectivity index is 2.17. The van der Waals surface area contributed by atoms with Gasteiger partial charge in [-0.1, -0.05) is 37.6 Å². The molecule has 0 N–H and O–H groups in total. The third-order valence-electron chi connectivity index (χ3n) is 2.72. The van der Waals surface area contributed by atoms with Gasteiger partial charge in [0.05, 0.1) is 15.9 Å². The molecule has 21 heavy (non-hydrogen) atoms. The van der Waals surface area contributed by atoms with Gasteiger partial charge < -0.3 is 0 Å². The highest BCUT2D eigenvalue weighted by molar-refractivity contribution is 9.10. The molecule has 0 aliphatic rings. The first kappa shape index (κ1) is 17.3. The predicted molar refractivity (Wildman–Crippen MR) is 97.0 cm³/mol. The van der Waals surface area contributed by atoms with Crippen LogP contribution in [-0.4, -0.2) is 9.97 Å². The fourth-order valence-corrected chi connectivity index (χ4v) is 3.77. The van der Waals surface area contributed by atoms with Crippen molar-refractivity contribution in [3.05, 3.63) is 49.9 Å². The summed E-state index contributed by atoms with van der Waals surface area (Å²) in [5, 5.41) is 0.489. The topological polar surface area (TPSA) is 25.8 Å². The van der Waals surface area contributed by atoms with Crippen LogP contribution < -0.4 is 0 Å². The Morgan fingerprint density at radius 3 is 2.57 bits per heavy atom. The number of halogens is 3. The molecule has 0 saturated carbocycles. The maximum atomic E-state index is 6.20. The van der Waals surface area contributed by atoms with E-state index in [1.54, 1.807) is 11.8 Å². The minimum absolute atomic E-state index is 0.489. The van der Waals surface area contributed by atoms with Crippen LogP contribution in [0.2, 0.25) is 5.15 Å². The molecule has 0 aliphatic heterocycles. The molecule has 0 saturated heterocycles. The van der Waals surface area contributed by atoms with E-state index in [-0.39, 0.29) is 0 Å². The van der Waals surface area contributed by atoms with Crippen molar-refractivity contribution in [2.45, 2.75) is 30.9 Å². The highest BCUT2D eigenvalue weighted by Gasteiger charge is 2.12. The van der Waals surface area contributed by atoms with Crippen LogP contribution in [0, 0.1) is 5.92 Å². The van der Waals surface area contributed by atoms with Crippen molar-refractivity contribution >= 4 is 55.2 Å². The van der Waals surface area contributed by atoms with E-state index in [1.807, 2.05) is 18.2 Å². The van der Waals surface area contributed by atoms with Gasteiger partial charge in [-0.25, -0.2) is 9.97 Å². The predicted octanol–water partition coefficient (Wildman–Crippen LogP) is 6.15. The lowest BCUT2D eigenvalue weighted by Gasteiger charge is -2.10. The van der Waals surface area contributed by atoms with Gasteiger partial charge in [0.25, 0.3) is 0 Å². The smallest absolute Gasteiger partial charge is 0.147 e. The van der Waals surface area contributed by atoms with Crippen LogP contribution in [0.15, 0.2) is 38.1 Å². The van der Waals surface area contributed by atoms with Crippen molar-refractivity contribution in [3.8, 4) is 0 Å². The molecule has 0 aliphatic carbocycles. The Kier molecular flexibility index (Phi) is 6.53. The normalized spacial score (nSPS) is 11.1. The average Bonchev–Trinajstić information content (AvgIpc) is 2.42. The molecule has 112 valence electrons. The van der Waals surface area contributed by atoms with E-state index in [9.17, 15) is 0 Å². The summed E-state index contributed by atoms with van der Waals surface area (Å²) >= 11 is 14.9. The Hall–Kier alpha value is -0.100. The maximum Gasteiger partial charge on any atom is 0.147 e. The second-order valence-electron chi connectivity index (χ2n) is 5.01. The summed E-state index contributed by atoms with van der Waals surface area (Å²) in [6.45, 7) is 4.33. The fourth-order valence-electron chi connectivity index (χ4n) is 1.80. The summed E-state index contributed by atoms with van der Waals surface area (Å²) in [5.74, 6) is 1.98. The van der Waals surface area contributed by atoms with Crippen molar-refractivity contribution in [1.82, 2.24) is 9.97 Å². The molecule has 0 atom stereocenters. The number of hydrogen-bond acceptors (Lipinski definition) is 3. The third kappa shape index (κ3) is 4.95. The van der Waals surface area contributed by atoms with Gasteiger partial charge in [0.15, 0.2) is 0 Å². The first-order chi connectivity index (χ1) is 9.97. The summed E-state index contributed by atoms with van der Waals surface area (Å²) < 4.78 is 1.90. The summed E-state index contributed by atoms with van der Waals surface area (Å²) in [4.78, 5) is 10.2. The standard InChI is InChI=1S/C15H15Br2ClN2S/c1-9(2)7-11-14(17)15(18)20-13(19-11)8-21-12-6-4-3-5-10(12)16/h3-6,9H,7-8H2,1-2H3. The second kappa shape index (κ2) is 7.95. The van der Waals surface area contributed by atoms with Gasteiger partial charge in [-0.2, -0.15) is 0 Å². The van der Waals surface area contributed by atoms with Crippen LogP contribution in [-0.2, 0) is 12.2 Å². The molecule has 0 bridgehead atoms. The lowest BCUT2D eigenvalue weighted by Crippen LogP contribution is -2.04. The molecule has 2 nitrogen and oxygen atoms in total. The number of hydrogen-bond donors (Lipinski definition) is 0. The number of aromatic nitrogens is 2. The monoisotopic (exact) mass is 448 g/mol. The SMILES string of the molecule is CC(C)Cc1nc(CSc2ccccc2Br)nc(Cl)c1Br. The average molecular weight is 451 g/mol. The second-order valence-corrected chi connectivity index (χ2v) is 8.03. The zero-order valence-corrected chi connectivity index (χ0v) is 16.5. The number of benzene rings is 1. The van der Waals surface area contributed by atoms with E-state index in [0.29, 0.717) is 16.8 Å². The van der Waals surface area contributed by atoms with Crippen molar-refractivity contribution < 1.29 is 0 Å². The summed E-state index contributed by atoms with van der Waals surface area (Å²) in [5.41, 5.74) is 0.979. The molecule has 1 heterocycles. The van der Waals surface area contributed by atoms with Crippen LogP contribution in [0.5, 0.6) is 0 Å². The lowest BCUT2D eigenvalue weighted by atomic mass is 10.1. The summed E-state index contributed by atoms with van der Waals surface area (Å²) in [7, 11) is 0. The Labute approximate surface area is 151 Å². The Morgan fingerprint density at radius 2 is 1.90 bits per heavy atom. The highest BCUT2D eigenvalue weighted by Crippen LogP contribution is 2.31. The van der Waals surface area contributed by atoms with Gasteiger partial charge in [-0.05, 0) is 56.3 Å². The maximum absolute atomic E-state index is 6.20.